The quantitative estimate of drug-likeness (QED) is 0.609. The minimum absolute atomic E-state index is 0. The first-order chi connectivity index (χ1) is 10.8. The third-order valence-corrected chi connectivity index (χ3v) is 5.87. The third kappa shape index (κ3) is 7.01. The maximum atomic E-state index is 12.9. The fraction of sp³-hybridized carbons (Fsp3) is 0.684. The largest absolute Gasteiger partial charge is 1.00 e. The number of hydrogen-bond donors (Lipinski definition) is 1. The van der Waals surface area contributed by atoms with Crippen molar-refractivity contribution in [2.24, 2.45) is 0 Å². The second-order valence-electron chi connectivity index (χ2n) is 8.14. The zero-order chi connectivity index (χ0) is 18.8. The maximum Gasteiger partial charge on any atom is 1.00 e. The molecule has 0 spiro atoms. The molecule has 0 aromatic heterocycles. The molecule has 0 unspecified atom stereocenters. The Kier molecular flexibility index (Phi) is 9.46. The van der Waals surface area contributed by atoms with Gasteiger partial charge in [-0.1, -0.05) is 53.7 Å². The molecule has 0 aliphatic heterocycles. The molecule has 0 saturated heterocycles. The van der Waals surface area contributed by atoms with Crippen LogP contribution in [0.3, 0.4) is 0 Å². The van der Waals surface area contributed by atoms with Gasteiger partial charge in [-0.25, -0.2) is 0 Å². The summed E-state index contributed by atoms with van der Waals surface area (Å²) in [6.07, 6.45) is 0.209. The fourth-order valence-electron chi connectivity index (χ4n) is 2.67. The normalized spacial score (nSPS) is 12.8. The van der Waals surface area contributed by atoms with E-state index in [1.165, 1.54) is 0 Å². The van der Waals surface area contributed by atoms with Crippen molar-refractivity contribution in [3.05, 3.63) is 28.8 Å². The molecule has 1 aromatic rings. The number of phenolic OH excluding ortho intramolecular Hbond substituents is 1. The van der Waals surface area contributed by atoms with Gasteiger partial charge in [-0.15, -0.1) is 0 Å². The molecule has 0 amide bonds. The first-order valence-corrected chi connectivity index (χ1v) is 10.3. The van der Waals surface area contributed by atoms with E-state index in [1.54, 1.807) is 0 Å². The summed E-state index contributed by atoms with van der Waals surface area (Å²) >= 11 is 0. The average molecular weight is 380 g/mol. The third-order valence-electron chi connectivity index (χ3n) is 3.81. The monoisotopic (exact) mass is 380 g/mol. The van der Waals surface area contributed by atoms with Crippen molar-refractivity contribution in [1.29, 1.82) is 0 Å². The van der Waals surface area contributed by atoms with Gasteiger partial charge in [0.15, 0.2) is 0 Å². The molecule has 0 fully saturated rings. The molecule has 0 bridgehead atoms. The van der Waals surface area contributed by atoms with Crippen molar-refractivity contribution in [2.75, 3.05) is 13.2 Å². The van der Waals surface area contributed by atoms with E-state index < -0.39 is 7.60 Å². The number of benzene rings is 1. The van der Waals surface area contributed by atoms with Gasteiger partial charge in [0.2, 0.25) is 0 Å². The average Bonchev–Trinajstić information content (AvgIpc) is 2.38. The number of rotatable bonds is 6. The molecule has 0 atom stereocenters. The van der Waals surface area contributed by atoms with Gasteiger partial charge in [-0.3, -0.25) is 4.57 Å². The summed E-state index contributed by atoms with van der Waals surface area (Å²) in [5, 5.41) is 10.8. The van der Waals surface area contributed by atoms with Crippen LogP contribution in [0.15, 0.2) is 12.1 Å². The first kappa shape index (κ1) is 25.2. The molecule has 0 heterocycles. The second-order valence-corrected chi connectivity index (χ2v) is 10.2. The molecule has 0 radical (unpaired) electrons. The van der Waals surface area contributed by atoms with Crippen molar-refractivity contribution in [3.8, 4) is 5.75 Å². The van der Waals surface area contributed by atoms with Crippen LogP contribution in [-0.2, 0) is 30.6 Å². The molecule has 4 nitrogen and oxygen atoms in total. The molecular weight excluding hydrogens is 346 g/mol. The summed E-state index contributed by atoms with van der Waals surface area (Å²) < 4.78 is 23.7. The number of hydrogen-bond acceptors (Lipinski definition) is 4. The summed E-state index contributed by atoms with van der Waals surface area (Å²) in [5.41, 5.74) is 2.13. The summed E-state index contributed by atoms with van der Waals surface area (Å²) in [6.45, 7) is 16.7. The van der Waals surface area contributed by atoms with E-state index in [2.05, 4.69) is 41.5 Å². The Bertz CT molecular complexity index is 576. The molecule has 140 valence electrons. The van der Waals surface area contributed by atoms with Crippen LogP contribution in [0.1, 0.15) is 73.5 Å². The molecule has 6 heteroatoms. The molecule has 0 aliphatic rings. The van der Waals surface area contributed by atoms with Crippen LogP contribution in [0.4, 0.5) is 0 Å². The van der Waals surface area contributed by atoms with E-state index >= 15 is 0 Å². The minimum atomic E-state index is -3.18. The van der Waals surface area contributed by atoms with Crippen molar-refractivity contribution in [2.45, 2.75) is 72.4 Å². The smallest absolute Gasteiger partial charge is 1.00 e. The Morgan fingerprint density at radius 1 is 0.960 bits per heavy atom. The molecule has 25 heavy (non-hydrogen) atoms. The van der Waals surface area contributed by atoms with Gasteiger partial charge in [0.25, 0.3) is 0 Å². The standard InChI is InChI=1S/C19H33O4P.Na.H/c1-9-22-24(21,23-10-2)13-14-11-15(18(3,4)5)17(20)16(12-14)19(6,7)8;;/h11-12,20H,9-10,13H2,1-8H3;;/q;+1;-1. The van der Waals surface area contributed by atoms with Crippen molar-refractivity contribution < 1.29 is 49.7 Å². The van der Waals surface area contributed by atoms with Crippen LogP contribution in [-0.4, -0.2) is 18.3 Å². The SMILES string of the molecule is CCOP(=O)(Cc1cc(C(C)(C)C)c(O)c(C(C)(C)C)c1)OCC.[H-].[Na+]. The predicted octanol–water partition coefficient (Wildman–Crippen LogP) is 2.87. The van der Waals surface area contributed by atoms with Gasteiger partial charge >= 0.3 is 37.2 Å². The Hall–Kier alpha value is 0.170. The fourth-order valence-corrected chi connectivity index (χ4v) is 4.35. The van der Waals surface area contributed by atoms with Crippen molar-refractivity contribution in [1.82, 2.24) is 0 Å². The van der Waals surface area contributed by atoms with E-state index in [-0.39, 0.29) is 48.0 Å². The minimum Gasteiger partial charge on any atom is -1.00 e. The Morgan fingerprint density at radius 3 is 1.60 bits per heavy atom. The number of phenols is 1. The van der Waals surface area contributed by atoms with E-state index in [4.69, 9.17) is 9.05 Å². The van der Waals surface area contributed by atoms with E-state index in [9.17, 15) is 9.67 Å². The van der Waals surface area contributed by atoms with Crippen LogP contribution >= 0.6 is 7.60 Å². The summed E-state index contributed by atoms with van der Waals surface area (Å²) in [5.74, 6) is 0.321. The van der Waals surface area contributed by atoms with Crippen LogP contribution in [0.25, 0.3) is 0 Å². The molecule has 1 aromatic carbocycles. The van der Waals surface area contributed by atoms with Crippen LogP contribution in [0, 0.1) is 0 Å². The van der Waals surface area contributed by atoms with Gasteiger partial charge in [-0.2, -0.15) is 0 Å². The van der Waals surface area contributed by atoms with Crippen LogP contribution in [0.2, 0.25) is 0 Å². The molecule has 0 aliphatic carbocycles. The second kappa shape index (κ2) is 9.39. The number of aromatic hydroxyl groups is 1. The first-order valence-electron chi connectivity index (χ1n) is 8.59. The van der Waals surface area contributed by atoms with E-state index in [0.717, 1.165) is 16.7 Å². The molecular formula is C19H34NaO4P. The van der Waals surface area contributed by atoms with Gasteiger partial charge in [0.05, 0.1) is 19.4 Å². The summed E-state index contributed by atoms with van der Waals surface area (Å²) in [4.78, 5) is 0. The molecule has 1 N–H and O–H groups in total. The van der Waals surface area contributed by atoms with Gasteiger partial charge in [0.1, 0.15) is 5.75 Å². The van der Waals surface area contributed by atoms with E-state index in [0.29, 0.717) is 19.0 Å². The van der Waals surface area contributed by atoms with Crippen LogP contribution < -0.4 is 29.6 Å². The topological polar surface area (TPSA) is 55.8 Å². The van der Waals surface area contributed by atoms with Gasteiger partial charge < -0.3 is 15.6 Å². The Labute approximate surface area is 177 Å². The Balaban J connectivity index is 0. The summed E-state index contributed by atoms with van der Waals surface area (Å²) in [6, 6.07) is 3.85. The molecule has 1 rings (SSSR count). The van der Waals surface area contributed by atoms with Crippen molar-refractivity contribution >= 4 is 7.60 Å². The predicted molar refractivity (Wildman–Crippen MR) is 101 cm³/mol. The van der Waals surface area contributed by atoms with Gasteiger partial charge in [-0.05, 0) is 41.4 Å². The zero-order valence-electron chi connectivity index (χ0n) is 18.4. The summed E-state index contributed by atoms with van der Waals surface area (Å²) in [7, 11) is -3.18. The van der Waals surface area contributed by atoms with Gasteiger partial charge in [0, 0.05) is 0 Å². The molecule has 0 saturated carbocycles. The van der Waals surface area contributed by atoms with Crippen LogP contribution in [0.5, 0.6) is 5.75 Å². The Morgan fingerprint density at radius 2 is 1.32 bits per heavy atom. The van der Waals surface area contributed by atoms with E-state index in [1.807, 2.05) is 26.0 Å². The zero-order valence-corrected chi connectivity index (χ0v) is 20.3. The van der Waals surface area contributed by atoms with Crippen molar-refractivity contribution in [3.63, 3.8) is 0 Å². The maximum absolute atomic E-state index is 12.9.